The zero-order valence-electron chi connectivity index (χ0n) is 18.5. The second kappa shape index (κ2) is 11.5. The summed E-state index contributed by atoms with van der Waals surface area (Å²) in [6, 6.07) is 26.2. The average Bonchev–Trinajstić information content (AvgIpc) is 2.77. The van der Waals surface area contributed by atoms with Crippen molar-refractivity contribution in [3.8, 4) is 22.3 Å². The van der Waals surface area contributed by atoms with E-state index in [-0.39, 0.29) is 24.8 Å². The van der Waals surface area contributed by atoms with Gasteiger partial charge in [-0.25, -0.2) is 0 Å². The lowest BCUT2D eigenvalue weighted by Crippen LogP contribution is -2.36. The lowest BCUT2D eigenvalue weighted by Gasteiger charge is -2.35. The van der Waals surface area contributed by atoms with E-state index in [9.17, 15) is 0 Å². The number of benzene rings is 3. The van der Waals surface area contributed by atoms with Gasteiger partial charge >= 0.3 is 0 Å². The highest BCUT2D eigenvalue weighted by molar-refractivity contribution is 5.85. The van der Waals surface area contributed by atoms with Crippen LogP contribution < -0.4 is 5.06 Å². The maximum absolute atomic E-state index is 5.74. The predicted octanol–water partition coefficient (Wildman–Crippen LogP) is 6.36. The Kier molecular flexibility index (Phi) is 9.39. The lowest BCUT2D eigenvalue weighted by molar-refractivity contribution is 0.144. The average molecular weight is 459 g/mol. The van der Waals surface area contributed by atoms with Crippen LogP contribution in [0.4, 0.5) is 5.69 Å². The summed E-state index contributed by atoms with van der Waals surface area (Å²) in [6.07, 6.45) is 2.31. The Morgan fingerprint density at radius 2 is 1.42 bits per heavy atom. The number of anilines is 1. The zero-order chi connectivity index (χ0) is 20.2. The summed E-state index contributed by atoms with van der Waals surface area (Å²) >= 11 is 0. The predicted molar refractivity (Wildman–Crippen MR) is 137 cm³/mol. The van der Waals surface area contributed by atoms with Crippen LogP contribution in [0.25, 0.3) is 22.3 Å². The van der Waals surface area contributed by atoms with Gasteiger partial charge in [-0.05, 0) is 73.3 Å². The van der Waals surface area contributed by atoms with Crippen LogP contribution in [-0.4, -0.2) is 39.2 Å². The van der Waals surface area contributed by atoms with Crippen LogP contribution in [0.1, 0.15) is 12.0 Å². The molecule has 0 radical (unpaired) electrons. The smallest absolute Gasteiger partial charge is 0.0674 e. The summed E-state index contributed by atoms with van der Waals surface area (Å²) in [7, 11) is 6.06. The van der Waals surface area contributed by atoms with E-state index in [4.69, 9.17) is 4.84 Å². The van der Waals surface area contributed by atoms with Gasteiger partial charge in [-0.15, -0.1) is 24.8 Å². The zero-order valence-corrected chi connectivity index (χ0v) is 20.1. The van der Waals surface area contributed by atoms with Crippen molar-refractivity contribution in [2.24, 2.45) is 5.92 Å². The van der Waals surface area contributed by atoms with Crippen LogP contribution >= 0.6 is 24.8 Å². The van der Waals surface area contributed by atoms with E-state index < -0.39 is 0 Å². The van der Waals surface area contributed by atoms with Crippen LogP contribution in [0.3, 0.4) is 0 Å². The van der Waals surface area contributed by atoms with Crippen molar-refractivity contribution in [1.82, 2.24) is 4.90 Å². The van der Waals surface area contributed by atoms with Crippen LogP contribution in [0.5, 0.6) is 0 Å². The monoisotopic (exact) mass is 458 g/mol. The highest BCUT2D eigenvalue weighted by Gasteiger charge is 2.25. The Morgan fingerprint density at radius 3 is 2.03 bits per heavy atom. The van der Waals surface area contributed by atoms with Gasteiger partial charge in [0.15, 0.2) is 0 Å². The minimum atomic E-state index is 0. The Hall–Kier alpha value is -2.04. The summed E-state index contributed by atoms with van der Waals surface area (Å²) < 4.78 is 0. The molecule has 3 aromatic rings. The summed E-state index contributed by atoms with van der Waals surface area (Å²) in [5.41, 5.74) is 7.55. The summed E-state index contributed by atoms with van der Waals surface area (Å²) in [5.74, 6) is 0.626. The van der Waals surface area contributed by atoms with Crippen molar-refractivity contribution in [3.05, 3.63) is 78.4 Å². The quantitative estimate of drug-likeness (QED) is 0.427. The topological polar surface area (TPSA) is 15.7 Å². The molecule has 166 valence electrons. The second-order valence-corrected chi connectivity index (χ2v) is 8.19. The standard InChI is InChI=1S/C26H30N2O.2ClH/c1-27(2)16-15-20-17-25-14-13-24(18-26(25)28(19-20)29-3)23-11-9-22(10-12-23)21-7-5-4-6-8-21;;/h4-14,18,20H,15-17,19H2,1-3H3;2*1H. The largest absolute Gasteiger partial charge is 0.309 e. The van der Waals surface area contributed by atoms with E-state index in [1.165, 1.54) is 39.9 Å². The molecule has 0 saturated carbocycles. The van der Waals surface area contributed by atoms with Gasteiger partial charge < -0.3 is 4.90 Å². The molecule has 0 amide bonds. The lowest BCUT2D eigenvalue weighted by atomic mass is 9.89. The molecule has 5 heteroatoms. The molecule has 3 aromatic carbocycles. The molecule has 1 aliphatic rings. The molecule has 4 rings (SSSR count). The molecule has 0 fully saturated rings. The van der Waals surface area contributed by atoms with Crippen LogP contribution in [0.2, 0.25) is 0 Å². The number of hydrogen-bond acceptors (Lipinski definition) is 3. The van der Waals surface area contributed by atoms with Gasteiger partial charge in [-0.1, -0.05) is 66.7 Å². The Morgan fingerprint density at radius 1 is 0.839 bits per heavy atom. The molecular weight excluding hydrogens is 427 g/mol. The summed E-state index contributed by atoms with van der Waals surface area (Å²) in [4.78, 5) is 8.00. The highest BCUT2D eigenvalue weighted by Crippen LogP contribution is 2.35. The summed E-state index contributed by atoms with van der Waals surface area (Å²) in [6.45, 7) is 2.07. The number of rotatable bonds is 6. The van der Waals surface area contributed by atoms with E-state index in [1.54, 1.807) is 7.11 Å². The molecule has 0 aliphatic carbocycles. The minimum absolute atomic E-state index is 0. The number of fused-ring (bicyclic) bond motifs is 1. The fourth-order valence-electron chi connectivity index (χ4n) is 4.15. The van der Waals surface area contributed by atoms with E-state index in [1.807, 2.05) is 0 Å². The van der Waals surface area contributed by atoms with Crippen molar-refractivity contribution in [3.63, 3.8) is 0 Å². The van der Waals surface area contributed by atoms with Crippen LogP contribution in [-0.2, 0) is 11.3 Å². The van der Waals surface area contributed by atoms with Crippen LogP contribution in [0, 0.1) is 5.92 Å². The Labute approximate surface area is 198 Å². The third-order valence-corrected chi connectivity index (χ3v) is 5.82. The molecule has 1 unspecified atom stereocenters. The van der Waals surface area contributed by atoms with E-state index >= 15 is 0 Å². The first-order valence-electron chi connectivity index (χ1n) is 10.4. The van der Waals surface area contributed by atoms with Crippen molar-refractivity contribution in [1.29, 1.82) is 0 Å². The molecule has 0 saturated heterocycles. The maximum Gasteiger partial charge on any atom is 0.0674 e. The SMILES string of the molecule is CON1CC(CCN(C)C)Cc2ccc(-c3ccc(-c4ccccc4)cc3)cc21.Cl.Cl. The molecule has 0 aromatic heterocycles. The number of hydroxylamine groups is 1. The van der Waals surface area contributed by atoms with Gasteiger partial charge in [0.25, 0.3) is 0 Å². The molecule has 0 spiro atoms. The van der Waals surface area contributed by atoms with Gasteiger partial charge in [-0.2, -0.15) is 0 Å². The molecule has 31 heavy (non-hydrogen) atoms. The number of halogens is 2. The van der Waals surface area contributed by atoms with E-state index in [0.29, 0.717) is 5.92 Å². The van der Waals surface area contributed by atoms with Crippen molar-refractivity contribution in [2.75, 3.05) is 39.4 Å². The van der Waals surface area contributed by atoms with Gasteiger partial charge in [-0.3, -0.25) is 9.90 Å². The normalized spacial score (nSPS) is 15.1. The fraction of sp³-hybridized carbons (Fsp3) is 0.308. The highest BCUT2D eigenvalue weighted by atomic mass is 35.5. The molecular formula is C26H32Cl2N2O. The van der Waals surface area contributed by atoms with E-state index in [2.05, 4.69) is 96.9 Å². The van der Waals surface area contributed by atoms with Crippen molar-refractivity contribution >= 4 is 30.5 Å². The molecule has 1 heterocycles. The van der Waals surface area contributed by atoms with Crippen molar-refractivity contribution < 1.29 is 4.84 Å². The molecule has 0 bridgehead atoms. The molecule has 3 nitrogen and oxygen atoms in total. The molecule has 1 aliphatic heterocycles. The third-order valence-electron chi connectivity index (χ3n) is 5.82. The fourth-order valence-corrected chi connectivity index (χ4v) is 4.15. The number of nitrogens with zero attached hydrogens (tertiary/aromatic N) is 2. The first-order chi connectivity index (χ1) is 14.1. The third kappa shape index (κ3) is 6.02. The summed E-state index contributed by atoms with van der Waals surface area (Å²) in [5, 5.41) is 2.07. The van der Waals surface area contributed by atoms with E-state index in [0.717, 1.165) is 19.5 Å². The van der Waals surface area contributed by atoms with Gasteiger partial charge in [0, 0.05) is 6.54 Å². The van der Waals surface area contributed by atoms with Gasteiger partial charge in [0.1, 0.15) is 0 Å². The molecule has 0 N–H and O–H groups in total. The maximum atomic E-state index is 5.74. The van der Waals surface area contributed by atoms with Gasteiger partial charge in [0.2, 0.25) is 0 Å². The number of hydrogen-bond donors (Lipinski definition) is 0. The Bertz CT molecular complexity index is 945. The minimum Gasteiger partial charge on any atom is -0.309 e. The van der Waals surface area contributed by atoms with Gasteiger partial charge in [0.05, 0.1) is 12.8 Å². The van der Waals surface area contributed by atoms with Crippen LogP contribution in [0.15, 0.2) is 72.8 Å². The molecule has 1 atom stereocenters. The van der Waals surface area contributed by atoms with Crippen molar-refractivity contribution in [2.45, 2.75) is 12.8 Å². The second-order valence-electron chi connectivity index (χ2n) is 8.19. The first-order valence-corrected chi connectivity index (χ1v) is 10.4. The first kappa shape index (κ1) is 25.2. The Balaban J connectivity index is 0.00000171.